The zero-order valence-electron chi connectivity index (χ0n) is 22.5. The van der Waals surface area contributed by atoms with Crippen LogP contribution in [0, 0.1) is 5.82 Å². The molecule has 3 aromatic carbocycles. The molecule has 0 unspecified atom stereocenters. The van der Waals surface area contributed by atoms with Crippen LogP contribution in [-0.2, 0) is 4.79 Å². The molecule has 7 nitrogen and oxygen atoms in total. The second-order valence-electron chi connectivity index (χ2n) is 9.90. The number of halogens is 2. The van der Waals surface area contributed by atoms with E-state index >= 15 is 4.39 Å². The molecular formula is C31H29ClFN5O2. The number of hydrogen-bond donors (Lipinski definition) is 1. The third-order valence-corrected chi connectivity index (χ3v) is 7.06. The van der Waals surface area contributed by atoms with Crippen molar-refractivity contribution >= 4 is 46.0 Å². The zero-order chi connectivity index (χ0) is 28.4. The normalized spacial score (nSPS) is 13.5. The van der Waals surface area contributed by atoms with Crippen LogP contribution in [0.3, 0.4) is 0 Å². The molecule has 0 radical (unpaired) electrons. The van der Waals surface area contributed by atoms with Crippen LogP contribution in [-0.4, -0.2) is 60.8 Å². The molecule has 9 heteroatoms. The van der Waals surface area contributed by atoms with Gasteiger partial charge in [0.05, 0.1) is 35.0 Å². The minimum absolute atomic E-state index is 0.0736. The summed E-state index contributed by atoms with van der Waals surface area (Å²) in [5.74, 6) is -0.573. The summed E-state index contributed by atoms with van der Waals surface area (Å²) in [4.78, 5) is 26.1. The Hall–Kier alpha value is -4.43. The highest BCUT2D eigenvalue weighted by molar-refractivity contribution is 6.34. The number of carbonyl (C=O) groups excluding carboxylic acids is 1. The molecule has 0 bridgehead atoms. The Morgan fingerprint density at radius 2 is 1.82 bits per heavy atom. The summed E-state index contributed by atoms with van der Waals surface area (Å²) in [5, 5.41) is 12.6. The average Bonchev–Trinajstić information content (AvgIpc) is 2.94. The Bertz CT molecular complexity index is 1650. The molecule has 1 aliphatic rings. The smallest absolute Gasteiger partial charge is 0.218 e. The molecule has 4 aromatic rings. The summed E-state index contributed by atoms with van der Waals surface area (Å²) in [5.41, 5.74) is 5.05. The summed E-state index contributed by atoms with van der Waals surface area (Å²) < 4.78 is 15.1. The monoisotopic (exact) mass is 557 g/mol. The molecule has 1 N–H and O–H groups in total. The Kier molecular flexibility index (Phi) is 7.71. The first-order valence-corrected chi connectivity index (χ1v) is 13.2. The van der Waals surface area contributed by atoms with Crippen LogP contribution in [0.15, 0.2) is 78.2 Å². The zero-order valence-corrected chi connectivity index (χ0v) is 23.2. The van der Waals surface area contributed by atoms with Crippen molar-refractivity contribution in [2.45, 2.75) is 6.92 Å². The van der Waals surface area contributed by atoms with Crippen molar-refractivity contribution < 1.29 is 14.3 Å². The van der Waals surface area contributed by atoms with Gasteiger partial charge in [-0.15, -0.1) is 0 Å². The van der Waals surface area contributed by atoms with Crippen molar-refractivity contribution in [2.24, 2.45) is 4.99 Å². The van der Waals surface area contributed by atoms with Crippen molar-refractivity contribution in [2.75, 3.05) is 43.5 Å². The topological polar surface area (TPSA) is 72.3 Å². The molecular weight excluding hydrogens is 529 g/mol. The third-order valence-electron chi connectivity index (χ3n) is 6.76. The molecule has 40 heavy (non-hydrogen) atoms. The van der Waals surface area contributed by atoms with Gasteiger partial charge in [0.2, 0.25) is 6.41 Å². The number of aliphatic imine (C=N–C) groups is 1. The van der Waals surface area contributed by atoms with Gasteiger partial charge in [0, 0.05) is 61.5 Å². The number of anilines is 2. The fourth-order valence-corrected chi connectivity index (χ4v) is 5.12. The highest BCUT2D eigenvalue weighted by Crippen LogP contribution is 2.43. The Labute approximate surface area is 237 Å². The molecule has 0 aliphatic carbocycles. The van der Waals surface area contributed by atoms with E-state index in [9.17, 15) is 9.90 Å². The van der Waals surface area contributed by atoms with Gasteiger partial charge in [-0.2, -0.15) is 0 Å². The van der Waals surface area contributed by atoms with Gasteiger partial charge in [-0.3, -0.25) is 19.7 Å². The van der Waals surface area contributed by atoms with Crippen LogP contribution in [0.25, 0.3) is 33.2 Å². The van der Waals surface area contributed by atoms with Crippen molar-refractivity contribution in [3.8, 4) is 28.0 Å². The lowest BCUT2D eigenvalue weighted by atomic mass is 9.95. The minimum Gasteiger partial charge on any atom is -0.507 e. The molecule has 1 aliphatic heterocycles. The van der Waals surface area contributed by atoms with E-state index in [1.165, 1.54) is 17.0 Å². The first-order chi connectivity index (χ1) is 19.2. The summed E-state index contributed by atoms with van der Waals surface area (Å²) in [6.07, 6.45) is 5.71. The standard InChI is InChI=1S/C31H29ClFN5O2/c1-20-18-37(10-9-34-20)29-15-23(13-22-5-4-8-35-30(22)29)26-17-24(33)16-25(31(26)40)21-6-7-28(27(32)14-21)38(19-39)12-11-36(2)3/h4-8,11-17,19,40H,9-10,18H2,1-3H3/b12-11-. The summed E-state index contributed by atoms with van der Waals surface area (Å²) in [6, 6.07) is 15.3. The maximum absolute atomic E-state index is 15.1. The van der Waals surface area contributed by atoms with Gasteiger partial charge in [-0.25, -0.2) is 4.39 Å². The number of amides is 1. The molecule has 1 aromatic heterocycles. The van der Waals surface area contributed by atoms with E-state index in [2.05, 4.69) is 14.9 Å². The fraction of sp³-hybridized carbons (Fsp3) is 0.194. The molecule has 0 spiro atoms. The maximum atomic E-state index is 15.1. The van der Waals surface area contributed by atoms with Gasteiger partial charge in [0.1, 0.15) is 11.6 Å². The molecule has 0 fully saturated rings. The number of pyridine rings is 1. The number of rotatable bonds is 7. The Balaban J connectivity index is 1.60. The largest absolute Gasteiger partial charge is 0.507 e. The minimum atomic E-state index is -0.500. The van der Waals surface area contributed by atoms with Crippen molar-refractivity contribution in [1.29, 1.82) is 0 Å². The van der Waals surface area contributed by atoms with Crippen LogP contribution >= 0.6 is 11.6 Å². The molecule has 2 heterocycles. The van der Waals surface area contributed by atoms with Crippen LogP contribution in [0.2, 0.25) is 5.02 Å². The van der Waals surface area contributed by atoms with Crippen LogP contribution in [0.1, 0.15) is 6.92 Å². The molecule has 204 valence electrons. The van der Waals surface area contributed by atoms with E-state index in [4.69, 9.17) is 11.6 Å². The van der Waals surface area contributed by atoms with Gasteiger partial charge in [0.15, 0.2) is 0 Å². The van der Waals surface area contributed by atoms with Gasteiger partial charge in [-0.1, -0.05) is 23.7 Å². The maximum Gasteiger partial charge on any atom is 0.218 e. The molecule has 0 saturated carbocycles. The lowest BCUT2D eigenvalue weighted by Gasteiger charge is -2.29. The quantitative estimate of drug-likeness (QED) is 0.268. The second kappa shape index (κ2) is 11.4. The number of phenolic OH excluding ortho intramolecular Hbond substituents is 1. The van der Waals surface area contributed by atoms with E-state index in [1.54, 1.807) is 41.7 Å². The predicted octanol–water partition coefficient (Wildman–Crippen LogP) is 6.34. The third kappa shape index (κ3) is 5.49. The molecule has 0 saturated heterocycles. The summed E-state index contributed by atoms with van der Waals surface area (Å²) in [6.45, 7) is 4.09. The highest BCUT2D eigenvalue weighted by Gasteiger charge is 2.20. The summed E-state index contributed by atoms with van der Waals surface area (Å²) >= 11 is 6.56. The van der Waals surface area contributed by atoms with E-state index in [-0.39, 0.29) is 10.8 Å². The summed E-state index contributed by atoms with van der Waals surface area (Å²) in [7, 11) is 3.68. The van der Waals surface area contributed by atoms with Gasteiger partial charge in [0.25, 0.3) is 0 Å². The fourth-order valence-electron chi connectivity index (χ4n) is 4.84. The van der Waals surface area contributed by atoms with Crippen LogP contribution in [0.4, 0.5) is 15.8 Å². The van der Waals surface area contributed by atoms with Gasteiger partial charge >= 0.3 is 0 Å². The second-order valence-corrected chi connectivity index (χ2v) is 10.3. The number of benzene rings is 3. The lowest BCUT2D eigenvalue weighted by molar-refractivity contribution is -0.106. The number of fused-ring (bicyclic) bond motifs is 1. The first kappa shape index (κ1) is 27.1. The average molecular weight is 558 g/mol. The number of carbonyl (C=O) groups is 1. The van der Waals surface area contributed by atoms with Crippen molar-refractivity contribution in [3.63, 3.8) is 0 Å². The number of phenols is 1. The Morgan fingerprint density at radius 3 is 2.52 bits per heavy atom. The van der Waals surface area contributed by atoms with E-state index < -0.39 is 5.82 Å². The SMILES string of the molecule is CC1=NCCN(c2cc(-c3cc(F)cc(-c4ccc(N(C=O)/C=C\N(C)C)c(Cl)c4)c3O)cc3cccnc23)C1. The van der Waals surface area contributed by atoms with Crippen molar-refractivity contribution in [1.82, 2.24) is 9.88 Å². The van der Waals surface area contributed by atoms with E-state index in [1.807, 2.05) is 45.3 Å². The van der Waals surface area contributed by atoms with Crippen LogP contribution in [0.5, 0.6) is 5.75 Å². The lowest BCUT2D eigenvalue weighted by Crippen LogP contribution is -2.35. The van der Waals surface area contributed by atoms with Crippen LogP contribution < -0.4 is 9.80 Å². The molecule has 5 rings (SSSR count). The van der Waals surface area contributed by atoms with E-state index in [0.29, 0.717) is 47.4 Å². The molecule has 0 atom stereocenters. The van der Waals surface area contributed by atoms with E-state index in [0.717, 1.165) is 28.8 Å². The van der Waals surface area contributed by atoms with Crippen molar-refractivity contribution in [3.05, 3.63) is 84.0 Å². The number of aromatic hydroxyl groups is 1. The number of nitrogens with zero attached hydrogens (tertiary/aromatic N) is 5. The van der Waals surface area contributed by atoms with Gasteiger partial charge in [-0.05, 0) is 60.5 Å². The number of hydrogen-bond acceptors (Lipinski definition) is 6. The number of aromatic nitrogens is 1. The predicted molar refractivity (Wildman–Crippen MR) is 161 cm³/mol. The Morgan fingerprint density at radius 1 is 1.05 bits per heavy atom. The molecule has 1 amide bonds. The highest BCUT2D eigenvalue weighted by atomic mass is 35.5. The van der Waals surface area contributed by atoms with Gasteiger partial charge < -0.3 is 14.9 Å². The first-order valence-electron chi connectivity index (χ1n) is 12.8.